The molecule has 0 saturated heterocycles. The molecule has 0 rings (SSSR count). The van der Waals surface area contributed by atoms with E-state index in [-0.39, 0.29) is 0 Å². The maximum atomic E-state index is 13.0. The van der Waals surface area contributed by atoms with E-state index in [1.54, 1.807) is 13.8 Å². The van der Waals surface area contributed by atoms with Crippen molar-refractivity contribution in [2.24, 2.45) is 5.92 Å². The topological polar surface area (TPSA) is 0 Å². The fraction of sp³-hybridized carbons (Fsp3) is 1.00. The number of alkyl halides is 2. The van der Waals surface area contributed by atoms with E-state index in [1.807, 2.05) is 6.92 Å². The average Bonchev–Trinajstić information content (AvgIpc) is 2.02. The van der Waals surface area contributed by atoms with Gasteiger partial charge in [-0.2, -0.15) is 0 Å². The molecule has 0 aliphatic rings. The van der Waals surface area contributed by atoms with E-state index in [0.717, 1.165) is 6.42 Å². The Morgan fingerprint density at radius 2 is 1.64 bits per heavy atom. The van der Waals surface area contributed by atoms with Gasteiger partial charge in [-0.05, 0) is 12.8 Å². The van der Waals surface area contributed by atoms with Crippen molar-refractivity contribution in [3.05, 3.63) is 0 Å². The second kappa shape index (κ2) is 5.50. The standard InChI is InChI=1S/C9H18F2/c1-4-6-9(11)7(3)8(10)5-2/h7-9H,4-6H2,1-3H3. The summed E-state index contributed by atoms with van der Waals surface area (Å²) in [5, 5.41) is 0. The summed E-state index contributed by atoms with van der Waals surface area (Å²) in [6.07, 6.45) is -0.235. The molecule has 0 heterocycles. The second-order valence-electron chi connectivity index (χ2n) is 3.09. The largest absolute Gasteiger partial charge is 0.247 e. The van der Waals surface area contributed by atoms with Gasteiger partial charge >= 0.3 is 0 Å². The molecular formula is C9H18F2. The first-order valence-electron chi connectivity index (χ1n) is 4.41. The molecule has 0 nitrogen and oxygen atoms in total. The molecule has 0 spiro atoms. The summed E-state index contributed by atoms with van der Waals surface area (Å²) in [4.78, 5) is 0. The molecule has 0 aliphatic carbocycles. The van der Waals surface area contributed by atoms with Gasteiger partial charge in [0.05, 0.1) is 0 Å². The highest BCUT2D eigenvalue weighted by atomic mass is 19.1. The van der Waals surface area contributed by atoms with Crippen molar-refractivity contribution in [2.75, 3.05) is 0 Å². The van der Waals surface area contributed by atoms with Crippen molar-refractivity contribution in [1.82, 2.24) is 0 Å². The molecule has 0 aliphatic heterocycles. The van der Waals surface area contributed by atoms with E-state index in [2.05, 4.69) is 0 Å². The molecule has 3 atom stereocenters. The lowest BCUT2D eigenvalue weighted by atomic mass is 9.96. The smallest absolute Gasteiger partial charge is 0.105 e. The Kier molecular flexibility index (Phi) is 5.43. The summed E-state index contributed by atoms with van der Waals surface area (Å²) in [6, 6.07) is 0. The molecule has 68 valence electrons. The molecule has 0 saturated carbocycles. The summed E-state index contributed by atoms with van der Waals surface area (Å²) in [6.45, 7) is 5.31. The van der Waals surface area contributed by atoms with Gasteiger partial charge < -0.3 is 0 Å². The minimum Gasteiger partial charge on any atom is -0.247 e. The molecule has 0 fully saturated rings. The molecule has 11 heavy (non-hydrogen) atoms. The fourth-order valence-electron chi connectivity index (χ4n) is 1.14. The molecule has 0 aromatic carbocycles. The average molecular weight is 164 g/mol. The molecule has 0 aromatic rings. The van der Waals surface area contributed by atoms with E-state index in [4.69, 9.17) is 0 Å². The Bertz CT molecular complexity index is 93.6. The highest BCUT2D eigenvalue weighted by molar-refractivity contribution is 4.71. The van der Waals surface area contributed by atoms with Crippen LogP contribution >= 0.6 is 0 Å². The first kappa shape index (κ1) is 10.9. The van der Waals surface area contributed by atoms with Crippen LogP contribution in [-0.4, -0.2) is 12.3 Å². The van der Waals surface area contributed by atoms with Crippen LogP contribution in [0.3, 0.4) is 0 Å². The zero-order valence-corrected chi connectivity index (χ0v) is 7.61. The van der Waals surface area contributed by atoms with Gasteiger partial charge in [-0.15, -0.1) is 0 Å². The third kappa shape index (κ3) is 3.68. The number of halogens is 2. The predicted molar refractivity (Wildman–Crippen MR) is 44.2 cm³/mol. The molecule has 0 bridgehead atoms. The van der Waals surface area contributed by atoms with Crippen LogP contribution in [0, 0.1) is 5.92 Å². The molecule has 2 heteroatoms. The van der Waals surface area contributed by atoms with Crippen molar-refractivity contribution in [3.63, 3.8) is 0 Å². The number of rotatable bonds is 5. The quantitative estimate of drug-likeness (QED) is 0.583. The van der Waals surface area contributed by atoms with E-state index < -0.39 is 18.3 Å². The van der Waals surface area contributed by atoms with Crippen LogP contribution in [0.1, 0.15) is 40.0 Å². The highest BCUT2D eigenvalue weighted by Crippen LogP contribution is 2.20. The number of hydrogen-bond donors (Lipinski definition) is 0. The normalized spacial score (nSPS) is 19.4. The van der Waals surface area contributed by atoms with Gasteiger partial charge in [-0.3, -0.25) is 0 Å². The maximum absolute atomic E-state index is 13.0. The van der Waals surface area contributed by atoms with E-state index in [0.29, 0.717) is 12.8 Å². The van der Waals surface area contributed by atoms with Gasteiger partial charge in [-0.25, -0.2) is 8.78 Å². The molecule has 0 aromatic heterocycles. The Balaban J connectivity index is 3.70. The van der Waals surface area contributed by atoms with Gasteiger partial charge in [0.2, 0.25) is 0 Å². The van der Waals surface area contributed by atoms with Gasteiger partial charge in [0.25, 0.3) is 0 Å². The summed E-state index contributed by atoms with van der Waals surface area (Å²) in [5.41, 5.74) is 0. The van der Waals surface area contributed by atoms with Gasteiger partial charge in [0.15, 0.2) is 0 Å². The molecule has 0 amide bonds. The third-order valence-electron chi connectivity index (χ3n) is 2.10. The van der Waals surface area contributed by atoms with Gasteiger partial charge in [0, 0.05) is 5.92 Å². The van der Waals surface area contributed by atoms with E-state index in [9.17, 15) is 8.78 Å². The van der Waals surface area contributed by atoms with Crippen molar-refractivity contribution in [2.45, 2.75) is 52.4 Å². The van der Waals surface area contributed by atoms with Crippen molar-refractivity contribution < 1.29 is 8.78 Å². The summed E-state index contributed by atoms with van der Waals surface area (Å²) in [5.74, 6) is -0.431. The Morgan fingerprint density at radius 1 is 1.09 bits per heavy atom. The van der Waals surface area contributed by atoms with E-state index in [1.165, 1.54) is 0 Å². The first-order valence-corrected chi connectivity index (χ1v) is 4.41. The summed E-state index contributed by atoms with van der Waals surface area (Å²) < 4.78 is 25.9. The summed E-state index contributed by atoms with van der Waals surface area (Å²) >= 11 is 0. The molecular weight excluding hydrogens is 146 g/mol. The van der Waals surface area contributed by atoms with Gasteiger partial charge in [0.1, 0.15) is 12.3 Å². The first-order chi connectivity index (χ1) is 5.13. The fourth-order valence-corrected chi connectivity index (χ4v) is 1.14. The van der Waals surface area contributed by atoms with Crippen molar-refractivity contribution in [1.29, 1.82) is 0 Å². The number of hydrogen-bond acceptors (Lipinski definition) is 0. The van der Waals surface area contributed by atoms with Crippen LogP contribution in [0.25, 0.3) is 0 Å². The second-order valence-corrected chi connectivity index (χ2v) is 3.09. The Morgan fingerprint density at radius 3 is 2.00 bits per heavy atom. The molecule has 0 radical (unpaired) electrons. The van der Waals surface area contributed by atoms with Crippen LogP contribution in [0.4, 0.5) is 8.78 Å². The van der Waals surface area contributed by atoms with Crippen LogP contribution in [0.15, 0.2) is 0 Å². The molecule has 3 unspecified atom stereocenters. The van der Waals surface area contributed by atoms with E-state index >= 15 is 0 Å². The van der Waals surface area contributed by atoms with Crippen LogP contribution in [-0.2, 0) is 0 Å². The van der Waals surface area contributed by atoms with Crippen molar-refractivity contribution in [3.8, 4) is 0 Å². The lowest BCUT2D eigenvalue weighted by Crippen LogP contribution is -2.22. The lowest BCUT2D eigenvalue weighted by Gasteiger charge is -2.18. The van der Waals surface area contributed by atoms with Crippen LogP contribution in [0.2, 0.25) is 0 Å². The Labute approximate surface area is 68.0 Å². The zero-order chi connectivity index (χ0) is 8.85. The zero-order valence-electron chi connectivity index (χ0n) is 7.61. The summed E-state index contributed by atoms with van der Waals surface area (Å²) in [7, 11) is 0. The SMILES string of the molecule is CCCC(F)C(C)C(F)CC. The third-order valence-corrected chi connectivity index (χ3v) is 2.10. The van der Waals surface area contributed by atoms with Crippen molar-refractivity contribution >= 4 is 0 Å². The van der Waals surface area contributed by atoms with Crippen LogP contribution < -0.4 is 0 Å². The minimum absolute atomic E-state index is 0.422. The maximum Gasteiger partial charge on any atom is 0.105 e. The molecule has 0 N–H and O–H groups in total. The minimum atomic E-state index is -0.975. The van der Waals surface area contributed by atoms with Gasteiger partial charge in [-0.1, -0.05) is 27.2 Å². The monoisotopic (exact) mass is 164 g/mol. The van der Waals surface area contributed by atoms with Crippen LogP contribution in [0.5, 0.6) is 0 Å². The highest BCUT2D eigenvalue weighted by Gasteiger charge is 2.22. The lowest BCUT2D eigenvalue weighted by molar-refractivity contribution is 0.128. The predicted octanol–water partition coefficient (Wildman–Crippen LogP) is 3.51. The Hall–Kier alpha value is -0.140.